The highest BCUT2D eigenvalue weighted by molar-refractivity contribution is 5.98. The molecule has 0 saturated heterocycles. The van der Waals surface area contributed by atoms with Gasteiger partial charge in [0.25, 0.3) is 0 Å². The van der Waals surface area contributed by atoms with Gasteiger partial charge in [-0.1, -0.05) is 85.5 Å². The SMILES string of the molecule is C=c1cccc/c1=C/C(=C\C)c1cc(C(/C=C\C(C)=Nc2nc3ccccc3cc2C)=C/C)cc(-c2cnc3ccccc3c2)c1. The number of hydrogen-bond acceptors (Lipinski definition) is 3. The molecule has 0 spiro atoms. The summed E-state index contributed by atoms with van der Waals surface area (Å²) in [6, 6.07) is 35.7. The van der Waals surface area contributed by atoms with E-state index in [-0.39, 0.29) is 0 Å². The van der Waals surface area contributed by atoms with Crippen LogP contribution in [0.5, 0.6) is 0 Å². The van der Waals surface area contributed by atoms with Gasteiger partial charge in [-0.3, -0.25) is 4.98 Å². The summed E-state index contributed by atoms with van der Waals surface area (Å²) in [4.78, 5) is 14.5. The molecular formula is C43H37N3. The predicted molar refractivity (Wildman–Crippen MR) is 199 cm³/mol. The van der Waals surface area contributed by atoms with Crippen LogP contribution >= 0.6 is 0 Å². The Balaban J connectivity index is 1.43. The zero-order valence-corrected chi connectivity index (χ0v) is 26.8. The van der Waals surface area contributed by atoms with Crippen molar-refractivity contribution in [2.24, 2.45) is 4.99 Å². The van der Waals surface area contributed by atoms with Crippen molar-refractivity contribution in [3.63, 3.8) is 0 Å². The van der Waals surface area contributed by atoms with Gasteiger partial charge >= 0.3 is 0 Å². The number of para-hydroxylation sites is 2. The molecule has 0 unspecified atom stereocenters. The summed E-state index contributed by atoms with van der Waals surface area (Å²) in [7, 11) is 0. The number of rotatable bonds is 7. The summed E-state index contributed by atoms with van der Waals surface area (Å²) in [6.07, 6.45) is 12.7. The monoisotopic (exact) mass is 595 g/mol. The van der Waals surface area contributed by atoms with Crippen LogP contribution in [0.2, 0.25) is 0 Å². The fourth-order valence-electron chi connectivity index (χ4n) is 5.63. The molecule has 46 heavy (non-hydrogen) atoms. The molecule has 2 aromatic heterocycles. The molecule has 0 fully saturated rings. The number of hydrogen-bond donors (Lipinski definition) is 0. The molecule has 0 radical (unpaired) electrons. The first-order valence-electron chi connectivity index (χ1n) is 15.6. The van der Waals surface area contributed by atoms with Gasteiger partial charge < -0.3 is 0 Å². The first kappa shape index (κ1) is 30.4. The molecule has 6 rings (SSSR count). The molecular weight excluding hydrogens is 558 g/mol. The fraction of sp³-hybridized carbons (Fsp3) is 0.0930. The van der Waals surface area contributed by atoms with E-state index in [4.69, 9.17) is 15.0 Å². The van der Waals surface area contributed by atoms with Crippen molar-refractivity contribution in [3.8, 4) is 11.1 Å². The van der Waals surface area contributed by atoms with Crippen molar-refractivity contribution in [2.75, 3.05) is 0 Å². The van der Waals surface area contributed by atoms with E-state index in [0.29, 0.717) is 0 Å². The Morgan fingerprint density at radius 2 is 1.35 bits per heavy atom. The summed E-state index contributed by atoms with van der Waals surface area (Å²) in [6.45, 7) is 12.5. The summed E-state index contributed by atoms with van der Waals surface area (Å²) in [5.74, 6) is 0.745. The number of fused-ring (bicyclic) bond motifs is 2. The number of aromatic nitrogens is 2. The Bertz CT molecular complexity index is 2320. The molecule has 3 nitrogen and oxygen atoms in total. The molecule has 0 saturated carbocycles. The van der Waals surface area contributed by atoms with Crippen LogP contribution in [-0.4, -0.2) is 15.7 Å². The zero-order valence-electron chi connectivity index (χ0n) is 26.8. The van der Waals surface area contributed by atoms with Crippen molar-refractivity contribution in [1.29, 1.82) is 0 Å². The molecule has 0 aliphatic carbocycles. The van der Waals surface area contributed by atoms with Crippen LogP contribution < -0.4 is 10.4 Å². The van der Waals surface area contributed by atoms with E-state index in [1.165, 1.54) is 0 Å². The lowest BCUT2D eigenvalue weighted by Crippen LogP contribution is -2.21. The first-order chi connectivity index (χ1) is 22.4. The van der Waals surface area contributed by atoms with E-state index < -0.39 is 0 Å². The normalized spacial score (nSPS) is 13.3. The second kappa shape index (κ2) is 13.5. The molecule has 0 amide bonds. The number of pyridine rings is 2. The number of benzene rings is 4. The van der Waals surface area contributed by atoms with Crippen LogP contribution in [0, 0.1) is 6.92 Å². The van der Waals surface area contributed by atoms with Crippen LogP contribution in [0.3, 0.4) is 0 Å². The number of aryl methyl sites for hydroxylation is 1. The maximum atomic E-state index is 4.88. The third-order valence-corrected chi connectivity index (χ3v) is 8.19. The highest BCUT2D eigenvalue weighted by Crippen LogP contribution is 2.31. The van der Waals surface area contributed by atoms with Crippen LogP contribution in [0.25, 0.3) is 56.7 Å². The van der Waals surface area contributed by atoms with E-state index >= 15 is 0 Å². The molecule has 0 bridgehead atoms. The van der Waals surface area contributed by atoms with Crippen molar-refractivity contribution in [3.05, 3.63) is 161 Å². The zero-order chi connectivity index (χ0) is 32.0. The smallest absolute Gasteiger partial charge is 0.155 e. The van der Waals surface area contributed by atoms with E-state index in [9.17, 15) is 0 Å². The molecule has 224 valence electrons. The molecule has 4 aromatic carbocycles. The molecule has 0 aliphatic heterocycles. The van der Waals surface area contributed by atoms with E-state index in [2.05, 4.69) is 118 Å². The van der Waals surface area contributed by atoms with Gasteiger partial charge in [0, 0.05) is 28.2 Å². The minimum atomic E-state index is 0.745. The lowest BCUT2D eigenvalue weighted by molar-refractivity contribution is 1.27. The summed E-state index contributed by atoms with van der Waals surface area (Å²) >= 11 is 0. The summed E-state index contributed by atoms with van der Waals surface area (Å²) in [5, 5.41) is 4.34. The third kappa shape index (κ3) is 6.69. The van der Waals surface area contributed by atoms with Crippen LogP contribution in [0.1, 0.15) is 37.5 Å². The Morgan fingerprint density at radius 3 is 2.09 bits per heavy atom. The standard InChI is InChI=1S/C43H37N3/c1-6-32(21-20-31(5)45-43-30(4)22-35-16-11-13-19-42(35)46-43)37-25-38(33(7-2)23-34-15-9-8-14-29(34)3)27-39(26-37)40-24-36-17-10-12-18-41(36)44-28-40/h6-28H,3H2,1-2,4-5H3/b21-20-,32-6+,33-7+,34-23-,45-31?. The third-order valence-electron chi connectivity index (χ3n) is 8.19. The Hall–Kier alpha value is -5.67. The second-order valence-electron chi connectivity index (χ2n) is 11.5. The minimum Gasteiger partial charge on any atom is -0.256 e. The number of nitrogens with zero attached hydrogens (tertiary/aromatic N) is 3. The Labute approximate surface area is 271 Å². The molecule has 2 heterocycles. The Morgan fingerprint density at radius 1 is 0.696 bits per heavy atom. The van der Waals surface area contributed by atoms with Gasteiger partial charge in [-0.25, -0.2) is 9.98 Å². The fourth-order valence-corrected chi connectivity index (χ4v) is 5.63. The van der Waals surface area contributed by atoms with Gasteiger partial charge in [0.15, 0.2) is 5.82 Å². The Kier molecular flexibility index (Phi) is 8.94. The number of allylic oxidation sites excluding steroid dienone is 6. The van der Waals surface area contributed by atoms with Gasteiger partial charge in [-0.2, -0.15) is 0 Å². The second-order valence-corrected chi connectivity index (χ2v) is 11.5. The molecule has 0 aliphatic rings. The lowest BCUT2D eigenvalue weighted by atomic mass is 9.92. The van der Waals surface area contributed by atoms with Crippen molar-refractivity contribution < 1.29 is 0 Å². The topological polar surface area (TPSA) is 38.1 Å². The molecule has 6 aromatic rings. The average molecular weight is 596 g/mol. The van der Waals surface area contributed by atoms with E-state index in [1.54, 1.807) is 0 Å². The van der Waals surface area contributed by atoms with Gasteiger partial charge in [0.05, 0.1) is 11.0 Å². The highest BCUT2D eigenvalue weighted by Gasteiger charge is 2.10. The van der Waals surface area contributed by atoms with E-state index in [0.717, 1.165) is 82.7 Å². The summed E-state index contributed by atoms with van der Waals surface area (Å²) < 4.78 is 0. The van der Waals surface area contributed by atoms with E-state index in [1.807, 2.05) is 55.6 Å². The van der Waals surface area contributed by atoms with Crippen molar-refractivity contribution in [1.82, 2.24) is 9.97 Å². The quantitative estimate of drug-likeness (QED) is 0.136. The molecule has 3 heteroatoms. The van der Waals surface area contributed by atoms with Gasteiger partial charge in [-0.15, -0.1) is 0 Å². The summed E-state index contributed by atoms with van der Waals surface area (Å²) in [5.41, 5.74) is 10.5. The van der Waals surface area contributed by atoms with Gasteiger partial charge in [-0.05, 0) is 126 Å². The van der Waals surface area contributed by atoms with Gasteiger partial charge in [0.1, 0.15) is 0 Å². The van der Waals surface area contributed by atoms with Crippen LogP contribution in [0.15, 0.2) is 139 Å². The minimum absolute atomic E-state index is 0.745. The molecule has 0 atom stereocenters. The van der Waals surface area contributed by atoms with Crippen LogP contribution in [0.4, 0.5) is 5.82 Å². The molecule has 0 N–H and O–H groups in total. The van der Waals surface area contributed by atoms with Crippen LogP contribution in [-0.2, 0) is 0 Å². The average Bonchev–Trinajstić information content (AvgIpc) is 3.08. The highest BCUT2D eigenvalue weighted by atomic mass is 14.9. The first-order valence-corrected chi connectivity index (χ1v) is 15.6. The number of aliphatic imine (C=N–C) groups is 1. The van der Waals surface area contributed by atoms with Crippen molar-refractivity contribution >= 4 is 57.1 Å². The maximum Gasteiger partial charge on any atom is 0.155 e. The predicted octanol–water partition coefficient (Wildman–Crippen LogP) is 9.80. The maximum absolute atomic E-state index is 4.88. The van der Waals surface area contributed by atoms with Crippen molar-refractivity contribution in [2.45, 2.75) is 27.7 Å². The largest absolute Gasteiger partial charge is 0.256 e. The lowest BCUT2D eigenvalue weighted by Gasteiger charge is -2.13. The van der Waals surface area contributed by atoms with Gasteiger partial charge in [0.2, 0.25) is 0 Å².